The summed E-state index contributed by atoms with van der Waals surface area (Å²) < 4.78 is 25.1. The number of carboxylic acid groups (broad SMARTS) is 1. The lowest BCUT2D eigenvalue weighted by atomic mass is 10.1. The number of benzene rings is 2. The van der Waals surface area contributed by atoms with Gasteiger partial charge in [0.1, 0.15) is 24.6 Å². The molecule has 2 amide bonds. The minimum atomic E-state index is -3.78. The van der Waals surface area contributed by atoms with Crippen LogP contribution in [0.25, 0.3) is 0 Å². The average Bonchev–Trinajstić information content (AvgIpc) is 3.37. The molecule has 1 fully saturated rings. The minimum absolute atomic E-state index is 0.0318. The van der Waals surface area contributed by atoms with E-state index in [0.29, 0.717) is 19.3 Å². The minimum Gasteiger partial charge on any atom is -0.480 e. The van der Waals surface area contributed by atoms with Gasteiger partial charge in [0, 0.05) is 6.54 Å². The van der Waals surface area contributed by atoms with Gasteiger partial charge in [-0.05, 0) is 43.7 Å². The van der Waals surface area contributed by atoms with Crippen LogP contribution < -0.4 is 5.32 Å². The fourth-order valence-electron chi connectivity index (χ4n) is 4.28. The molecular formula is C26H33N2O7P. The van der Waals surface area contributed by atoms with Crippen molar-refractivity contribution in [3.8, 4) is 0 Å². The quantitative estimate of drug-likeness (QED) is 0.404. The van der Waals surface area contributed by atoms with Gasteiger partial charge < -0.3 is 24.6 Å². The van der Waals surface area contributed by atoms with Crippen molar-refractivity contribution < 1.29 is 33.3 Å². The highest BCUT2D eigenvalue weighted by Gasteiger charge is 2.42. The van der Waals surface area contributed by atoms with E-state index in [2.05, 4.69) is 5.32 Å². The van der Waals surface area contributed by atoms with Crippen molar-refractivity contribution in [2.45, 2.75) is 51.0 Å². The highest BCUT2D eigenvalue weighted by molar-refractivity contribution is 7.60. The first-order valence-corrected chi connectivity index (χ1v) is 14.0. The van der Waals surface area contributed by atoms with E-state index in [9.17, 15) is 24.1 Å². The summed E-state index contributed by atoms with van der Waals surface area (Å²) in [5.74, 6) is -2.63. The first kappa shape index (κ1) is 27.4. The van der Waals surface area contributed by atoms with E-state index in [1.165, 1.54) is 4.90 Å². The van der Waals surface area contributed by atoms with E-state index in [0.717, 1.165) is 11.1 Å². The third-order valence-electron chi connectivity index (χ3n) is 6.08. The number of nitrogens with one attached hydrogen (secondary N) is 1. The third kappa shape index (κ3) is 7.67. The van der Waals surface area contributed by atoms with E-state index in [1.807, 2.05) is 60.7 Å². The monoisotopic (exact) mass is 516 g/mol. The van der Waals surface area contributed by atoms with Crippen molar-refractivity contribution in [1.29, 1.82) is 0 Å². The first-order chi connectivity index (χ1) is 17.3. The zero-order chi connectivity index (χ0) is 26.0. The van der Waals surface area contributed by atoms with Crippen LogP contribution in [0.3, 0.4) is 0 Å². The number of nitrogens with zero attached hydrogens (tertiary/aromatic N) is 1. The Balaban J connectivity index is 1.77. The maximum Gasteiger partial charge on any atom is 0.408 e. The molecule has 0 radical (unpaired) electrons. The Morgan fingerprint density at radius 3 is 2.33 bits per heavy atom. The van der Waals surface area contributed by atoms with Gasteiger partial charge in [-0.3, -0.25) is 9.36 Å². The first-order valence-electron chi connectivity index (χ1n) is 12.1. The molecule has 9 nitrogen and oxygen atoms in total. The van der Waals surface area contributed by atoms with Crippen molar-refractivity contribution in [2.75, 3.05) is 19.3 Å². The zero-order valence-electron chi connectivity index (χ0n) is 20.4. The number of hydrogen-bond donors (Lipinski definition) is 2. The third-order valence-corrected chi connectivity index (χ3v) is 8.83. The van der Waals surface area contributed by atoms with Gasteiger partial charge in [0.25, 0.3) is 0 Å². The number of rotatable bonds is 12. The molecule has 36 heavy (non-hydrogen) atoms. The van der Waals surface area contributed by atoms with Gasteiger partial charge in [-0.1, -0.05) is 60.7 Å². The molecular weight excluding hydrogens is 483 g/mol. The predicted octanol–water partition coefficient (Wildman–Crippen LogP) is 4.26. The van der Waals surface area contributed by atoms with Crippen LogP contribution in [0.2, 0.25) is 0 Å². The van der Waals surface area contributed by atoms with Gasteiger partial charge in [-0.2, -0.15) is 0 Å². The molecule has 0 aromatic heterocycles. The summed E-state index contributed by atoms with van der Waals surface area (Å²) in [6, 6.07) is 17.7. The van der Waals surface area contributed by atoms with E-state index in [4.69, 9.17) is 9.26 Å². The molecule has 194 valence electrons. The Hall–Kier alpha value is -3.16. The van der Waals surface area contributed by atoms with Crippen LogP contribution in [-0.4, -0.2) is 59.1 Å². The standard InChI is InChI=1S/C26H33N2O7P/c1-2-35-36(33,19-24(29)28-17-9-14-22(28)25(30)31)23(16-15-20-10-5-3-6-11-20)27-26(32)34-18-21-12-7-4-8-13-21/h3-8,10-13,22-23H,2,9,14-19H2,1H3,(H,27,32)(H,30,31)/t22-,23?,36?/m0/s1. The maximum absolute atomic E-state index is 14.1. The van der Waals surface area contributed by atoms with Gasteiger partial charge in [0.15, 0.2) is 0 Å². The van der Waals surface area contributed by atoms with Gasteiger partial charge >= 0.3 is 12.1 Å². The number of carboxylic acids is 1. The fourth-order valence-corrected chi connectivity index (χ4v) is 6.59. The van der Waals surface area contributed by atoms with Crippen molar-refractivity contribution in [2.24, 2.45) is 0 Å². The number of likely N-dealkylation sites (tertiary alicyclic amines) is 1. The molecule has 1 aliphatic heterocycles. The smallest absolute Gasteiger partial charge is 0.408 e. The van der Waals surface area contributed by atoms with E-state index >= 15 is 0 Å². The summed E-state index contributed by atoms with van der Waals surface area (Å²) in [4.78, 5) is 38.6. The van der Waals surface area contributed by atoms with E-state index < -0.39 is 43.3 Å². The van der Waals surface area contributed by atoms with Crippen molar-refractivity contribution in [1.82, 2.24) is 10.2 Å². The molecule has 0 aliphatic carbocycles. The van der Waals surface area contributed by atoms with Crippen LogP contribution in [0, 0.1) is 0 Å². The topological polar surface area (TPSA) is 122 Å². The number of carbonyl (C=O) groups is 3. The number of carbonyl (C=O) groups excluding carboxylic acids is 2. The van der Waals surface area contributed by atoms with Gasteiger partial charge in [0.2, 0.25) is 13.3 Å². The molecule has 0 bridgehead atoms. The summed E-state index contributed by atoms with van der Waals surface area (Å²) in [5.41, 5.74) is 1.77. The maximum atomic E-state index is 14.1. The lowest BCUT2D eigenvalue weighted by molar-refractivity contribution is -0.147. The van der Waals surface area contributed by atoms with E-state index in [1.54, 1.807) is 6.92 Å². The van der Waals surface area contributed by atoms with Crippen LogP contribution >= 0.6 is 7.37 Å². The molecule has 1 saturated heterocycles. The van der Waals surface area contributed by atoms with Crippen molar-refractivity contribution in [3.05, 3.63) is 71.8 Å². The van der Waals surface area contributed by atoms with E-state index in [-0.39, 0.29) is 26.2 Å². The number of amides is 2. The summed E-state index contributed by atoms with van der Waals surface area (Å²) in [6.45, 7) is 2.04. The molecule has 2 aromatic rings. The molecule has 0 spiro atoms. The second-order valence-electron chi connectivity index (χ2n) is 8.63. The predicted molar refractivity (Wildman–Crippen MR) is 135 cm³/mol. The molecule has 1 aliphatic rings. The Morgan fingerprint density at radius 2 is 1.72 bits per heavy atom. The SMILES string of the molecule is CCOP(=O)(CC(=O)N1CCC[C@H]1C(=O)O)C(CCc1ccccc1)NC(=O)OCc1ccccc1. The molecule has 2 aromatic carbocycles. The average molecular weight is 517 g/mol. The van der Waals surface area contributed by atoms with Gasteiger partial charge in [-0.25, -0.2) is 9.59 Å². The summed E-state index contributed by atoms with van der Waals surface area (Å²) in [6.07, 6.45) is 0.372. The van der Waals surface area contributed by atoms with Crippen molar-refractivity contribution >= 4 is 25.3 Å². The van der Waals surface area contributed by atoms with Crippen LogP contribution in [-0.2, 0) is 36.4 Å². The Labute approximate surface area is 211 Å². The normalized spacial score (nSPS) is 17.7. The second kappa shape index (κ2) is 13.2. The number of aryl methyl sites for hydroxylation is 1. The largest absolute Gasteiger partial charge is 0.480 e. The number of aliphatic carboxylic acids is 1. The van der Waals surface area contributed by atoms with Crippen LogP contribution in [0.5, 0.6) is 0 Å². The highest BCUT2D eigenvalue weighted by atomic mass is 31.2. The Bertz CT molecular complexity index is 1060. The Kier molecular flexibility index (Phi) is 10.1. The second-order valence-corrected chi connectivity index (χ2v) is 11.3. The fraction of sp³-hybridized carbons (Fsp3) is 0.423. The summed E-state index contributed by atoms with van der Waals surface area (Å²) >= 11 is 0. The molecule has 0 saturated carbocycles. The Morgan fingerprint density at radius 1 is 1.08 bits per heavy atom. The molecule has 2 unspecified atom stereocenters. The lowest BCUT2D eigenvalue weighted by Gasteiger charge is -2.30. The summed E-state index contributed by atoms with van der Waals surface area (Å²) in [7, 11) is -3.78. The number of ether oxygens (including phenoxy) is 1. The van der Waals surface area contributed by atoms with Gasteiger partial charge in [-0.15, -0.1) is 0 Å². The summed E-state index contributed by atoms with van der Waals surface area (Å²) in [5, 5.41) is 12.1. The van der Waals surface area contributed by atoms with Crippen LogP contribution in [0.15, 0.2) is 60.7 Å². The molecule has 10 heteroatoms. The molecule has 1 heterocycles. The highest BCUT2D eigenvalue weighted by Crippen LogP contribution is 2.52. The molecule has 2 N–H and O–H groups in total. The molecule has 3 atom stereocenters. The molecule has 3 rings (SSSR count). The number of alkyl carbamates (subject to hydrolysis) is 1. The van der Waals surface area contributed by atoms with Crippen LogP contribution in [0.4, 0.5) is 4.79 Å². The lowest BCUT2D eigenvalue weighted by Crippen LogP contribution is -2.44. The number of hydrogen-bond acceptors (Lipinski definition) is 6. The zero-order valence-corrected chi connectivity index (χ0v) is 21.3. The van der Waals surface area contributed by atoms with Crippen molar-refractivity contribution in [3.63, 3.8) is 0 Å². The van der Waals surface area contributed by atoms with Gasteiger partial charge in [0.05, 0.1) is 6.61 Å². The van der Waals surface area contributed by atoms with Crippen LogP contribution in [0.1, 0.15) is 37.3 Å².